The molecular weight excluding hydrogens is 256 g/mol. The molecule has 1 N–H and O–H groups in total. The van der Waals surface area contributed by atoms with Crippen molar-refractivity contribution in [2.75, 3.05) is 7.11 Å². The van der Waals surface area contributed by atoms with Crippen molar-refractivity contribution < 1.29 is 4.74 Å². The van der Waals surface area contributed by atoms with Crippen LogP contribution in [0.15, 0.2) is 0 Å². The van der Waals surface area contributed by atoms with Gasteiger partial charge >= 0.3 is 0 Å². The Morgan fingerprint density at radius 3 is 2.68 bits per heavy atom. The summed E-state index contributed by atoms with van der Waals surface area (Å²) in [4.78, 5) is 6.27. The zero-order chi connectivity index (χ0) is 13.1. The van der Waals surface area contributed by atoms with E-state index in [9.17, 15) is 0 Å². The fourth-order valence-electron chi connectivity index (χ4n) is 2.84. The SMILES string of the molecule is COCc1nc(C2CCCCC2)sc1CNC1CC1. The maximum absolute atomic E-state index is 5.31. The molecule has 1 heterocycles. The normalized spacial score (nSPS) is 20.9. The Morgan fingerprint density at radius 2 is 2.00 bits per heavy atom. The van der Waals surface area contributed by atoms with Crippen molar-refractivity contribution in [1.82, 2.24) is 10.3 Å². The van der Waals surface area contributed by atoms with E-state index >= 15 is 0 Å². The van der Waals surface area contributed by atoms with E-state index in [0.717, 1.165) is 12.6 Å². The van der Waals surface area contributed by atoms with Gasteiger partial charge in [0.1, 0.15) is 0 Å². The Labute approximate surface area is 119 Å². The van der Waals surface area contributed by atoms with Crippen molar-refractivity contribution in [3.05, 3.63) is 15.6 Å². The van der Waals surface area contributed by atoms with Gasteiger partial charge in [-0.15, -0.1) is 11.3 Å². The molecule has 0 aromatic carbocycles. The molecule has 0 atom stereocenters. The van der Waals surface area contributed by atoms with Crippen LogP contribution in [0.3, 0.4) is 0 Å². The maximum Gasteiger partial charge on any atom is 0.0963 e. The van der Waals surface area contributed by atoms with E-state index in [1.165, 1.54) is 60.5 Å². The Bertz CT molecular complexity index is 408. The molecule has 3 rings (SSSR count). The topological polar surface area (TPSA) is 34.1 Å². The van der Waals surface area contributed by atoms with Crippen LogP contribution in [0.1, 0.15) is 66.4 Å². The number of thiazole rings is 1. The van der Waals surface area contributed by atoms with Crippen LogP contribution in [0.4, 0.5) is 0 Å². The molecule has 0 amide bonds. The van der Waals surface area contributed by atoms with Crippen LogP contribution in [0.2, 0.25) is 0 Å². The van der Waals surface area contributed by atoms with Crippen LogP contribution in [-0.2, 0) is 17.9 Å². The van der Waals surface area contributed by atoms with Gasteiger partial charge in [-0.1, -0.05) is 19.3 Å². The van der Waals surface area contributed by atoms with Crippen molar-refractivity contribution in [3.8, 4) is 0 Å². The first kappa shape index (κ1) is 13.5. The van der Waals surface area contributed by atoms with Crippen LogP contribution >= 0.6 is 11.3 Å². The van der Waals surface area contributed by atoms with E-state index in [2.05, 4.69) is 5.32 Å². The van der Waals surface area contributed by atoms with Gasteiger partial charge < -0.3 is 10.1 Å². The minimum Gasteiger partial charge on any atom is -0.378 e. The second-order valence-corrected chi connectivity index (χ2v) is 6.96. The maximum atomic E-state index is 5.31. The Kier molecular flexibility index (Phi) is 4.51. The summed E-state index contributed by atoms with van der Waals surface area (Å²) in [6, 6.07) is 0.760. The molecule has 2 saturated carbocycles. The standard InChI is InChI=1S/C15H24N2OS/c1-18-10-13-14(9-16-12-7-8-12)19-15(17-13)11-5-3-2-4-6-11/h11-12,16H,2-10H2,1H3. The molecule has 0 saturated heterocycles. The summed E-state index contributed by atoms with van der Waals surface area (Å²) in [6.45, 7) is 1.64. The highest BCUT2D eigenvalue weighted by Crippen LogP contribution is 2.36. The second kappa shape index (κ2) is 6.33. The highest BCUT2D eigenvalue weighted by molar-refractivity contribution is 7.11. The number of ether oxygens (including phenoxy) is 1. The number of nitrogens with zero attached hydrogens (tertiary/aromatic N) is 1. The molecular formula is C15H24N2OS. The van der Waals surface area contributed by atoms with Crippen LogP contribution in [0.25, 0.3) is 0 Å². The van der Waals surface area contributed by atoms with Gasteiger partial charge in [-0.3, -0.25) is 0 Å². The van der Waals surface area contributed by atoms with E-state index in [-0.39, 0.29) is 0 Å². The van der Waals surface area contributed by atoms with Gasteiger partial charge in [0.05, 0.1) is 17.3 Å². The number of nitrogens with one attached hydrogen (secondary N) is 1. The molecule has 0 aliphatic heterocycles. The molecule has 0 radical (unpaired) electrons. The molecule has 1 aromatic rings. The average Bonchev–Trinajstić information content (AvgIpc) is 3.19. The van der Waals surface area contributed by atoms with Crippen molar-refractivity contribution in [1.29, 1.82) is 0 Å². The lowest BCUT2D eigenvalue weighted by Gasteiger charge is -2.18. The first-order chi connectivity index (χ1) is 9.36. The van der Waals surface area contributed by atoms with Crippen LogP contribution < -0.4 is 5.32 Å². The molecule has 3 nitrogen and oxygen atoms in total. The van der Waals surface area contributed by atoms with Crippen molar-refractivity contribution in [2.45, 2.75) is 70.1 Å². The molecule has 0 unspecified atom stereocenters. The summed E-state index contributed by atoms with van der Waals surface area (Å²) < 4.78 is 5.31. The number of rotatable bonds is 6. The smallest absolute Gasteiger partial charge is 0.0963 e. The van der Waals surface area contributed by atoms with E-state index < -0.39 is 0 Å². The predicted octanol–water partition coefficient (Wildman–Crippen LogP) is 3.59. The van der Waals surface area contributed by atoms with Crippen molar-refractivity contribution >= 4 is 11.3 Å². The molecule has 1 aromatic heterocycles. The van der Waals surface area contributed by atoms with Gasteiger partial charge in [0.25, 0.3) is 0 Å². The summed E-state index contributed by atoms with van der Waals surface area (Å²) in [5.41, 5.74) is 1.17. The summed E-state index contributed by atoms with van der Waals surface area (Å²) in [5, 5.41) is 4.96. The quantitative estimate of drug-likeness (QED) is 0.864. The monoisotopic (exact) mass is 280 g/mol. The molecule has 0 spiro atoms. The summed E-state index contributed by atoms with van der Waals surface area (Å²) >= 11 is 1.92. The largest absolute Gasteiger partial charge is 0.378 e. The summed E-state index contributed by atoms with van der Waals surface area (Å²) in [7, 11) is 1.76. The number of hydrogen-bond donors (Lipinski definition) is 1. The lowest BCUT2D eigenvalue weighted by molar-refractivity contribution is 0.181. The third-order valence-electron chi connectivity index (χ3n) is 4.16. The van der Waals surface area contributed by atoms with E-state index in [1.807, 2.05) is 11.3 Å². The lowest BCUT2D eigenvalue weighted by atomic mass is 9.90. The van der Waals surface area contributed by atoms with Crippen molar-refractivity contribution in [2.24, 2.45) is 0 Å². The average molecular weight is 280 g/mol. The fraction of sp³-hybridized carbons (Fsp3) is 0.800. The van der Waals surface area contributed by atoms with Gasteiger partial charge in [0.15, 0.2) is 0 Å². The highest BCUT2D eigenvalue weighted by atomic mass is 32.1. The van der Waals surface area contributed by atoms with E-state index in [0.29, 0.717) is 12.5 Å². The summed E-state index contributed by atoms with van der Waals surface area (Å²) in [5.74, 6) is 0.712. The lowest BCUT2D eigenvalue weighted by Crippen LogP contribution is -2.15. The number of methoxy groups -OCH3 is 1. The van der Waals surface area contributed by atoms with Gasteiger partial charge in [-0.25, -0.2) is 4.98 Å². The van der Waals surface area contributed by atoms with Gasteiger partial charge in [0, 0.05) is 30.5 Å². The predicted molar refractivity (Wildman–Crippen MR) is 78.5 cm³/mol. The number of hydrogen-bond acceptors (Lipinski definition) is 4. The minimum absolute atomic E-state index is 0.658. The van der Waals surface area contributed by atoms with E-state index in [4.69, 9.17) is 9.72 Å². The molecule has 106 valence electrons. The van der Waals surface area contributed by atoms with Gasteiger partial charge in [-0.05, 0) is 25.7 Å². The third kappa shape index (κ3) is 3.56. The first-order valence-corrected chi connectivity index (χ1v) is 8.39. The minimum atomic E-state index is 0.658. The molecule has 2 fully saturated rings. The van der Waals surface area contributed by atoms with Crippen LogP contribution in [-0.4, -0.2) is 18.1 Å². The van der Waals surface area contributed by atoms with Crippen molar-refractivity contribution in [3.63, 3.8) is 0 Å². The zero-order valence-electron chi connectivity index (χ0n) is 11.8. The number of aromatic nitrogens is 1. The molecule has 2 aliphatic rings. The molecule has 4 heteroatoms. The Hall–Kier alpha value is -0.450. The molecule has 19 heavy (non-hydrogen) atoms. The first-order valence-electron chi connectivity index (χ1n) is 7.57. The second-order valence-electron chi connectivity index (χ2n) is 5.85. The zero-order valence-corrected chi connectivity index (χ0v) is 12.6. The Balaban J connectivity index is 1.70. The van der Waals surface area contributed by atoms with E-state index in [1.54, 1.807) is 7.11 Å². The molecule has 2 aliphatic carbocycles. The Morgan fingerprint density at radius 1 is 1.21 bits per heavy atom. The van der Waals surface area contributed by atoms with Gasteiger partial charge in [0.2, 0.25) is 0 Å². The molecule has 0 bridgehead atoms. The van der Waals surface area contributed by atoms with Crippen LogP contribution in [0, 0.1) is 0 Å². The highest BCUT2D eigenvalue weighted by Gasteiger charge is 2.24. The summed E-state index contributed by atoms with van der Waals surface area (Å²) in [6.07, 6.45) is 9.49. The third-order valence-corrected chi connectivity index (χ3v) is 5.42. The van der Waals surface area contributed by atoms with Crippen LogP contribution in [0.5, 0.6) is 0 Å². The van der Waals surface area contributed by atoms with Gasteiger partial charge in [-0.2, -0.15) is 0 Å². The fourth-order valence-corrected chi connectivity index (χ4v) is 4.03.